The molecule has 0 saturated carbocycles. The molecule has 29 heavy (non-hydrogen) atoms. The van der Waals surface area contributed by atoms with E-state index < -0.39 is 0 Å². The smallest absolute Gasteiger partial charge is 0.228 e. The Bertz CT molecular complexity index is 988. The topological polar surface area (TPSA) is 79.4 Å². The number of morpholine rings is 2. The molecule has 2 aliphatic heterocycles. The van der Waals surface area contributed by atoms with Gasteiger partial charge in [0.15, 0.2) is 5.82 Å². The van der Waals surface area contributed by atoms with E-state index in [0.29, 0.717) is 0 Å². The monoisotopic (exact) mass is 414 g/mol. The second-order valence-corrected chi connectivity index (χ2v) is 8.83. The molecule has 0 spiro atoms. The van der Waals surface area contributed by atoms with Crippen LogP contribution in [-0.4, -0.2) is 71.8 Å². The van der Waals surface area contributed by atoms with Crippen LogP contribution in [0.2, 0.25) is 0 Å². The van der Waals surface area contributed by atoms with E-state index in [0.717, 1.165) is 67.1 Å². The van der Waals surface area contributed by atoms with Gasteiger partial charge in [-0.25, -0.2) is 4.98 Å². The number of hydrogen-bond donors (Lipinski definition) is 1. The number of aromatic nitrogens is 4. The van der Waals surface area contributed by atoms with Gasteiger partial charge >= 0.3 is 0 Å². The second kappa shape index (κ2) is 7.55. The molecule has 0 bridgehead atoms. The van der Waals surface area contributed by atoms with Crippen LogP contribution in [0.25, 0.3) is 20.8 Å². The van der Waals surface area contributed by atoms with Crippen LogP contribution in [0.3, 0.4) is 0 Å². The molecule has 2 saturated heterocycles. The number of thiophene rings is 1. The molecule has 0 aliphatic carbocycles. The highest BCUT2D eigenvalue weighted by Crippen LogP contribution is 2.41. The number of aromatic amines is 1. The summed E-state index contributed by atoms with van der Waals surface area (Å²) < 4.78 is 12.6. The van der Waals surface area contributed by atoms with Crippen LogP contribution in [0.5, 0.6) is 0 Å². The number of ether oxygens (including phenoxy) is 2. The predicted molar refractivity (Wildman–Crippen MR) is 115 cm³/mol. The Morgan fingerprint density at radius 2 is 1.86 bits per heavy atom. The summed E-state index contributed by atoms with van der Waals surface area (Å²) in [5, 5.41) is 7.22. The Morgan fingerprint density at radius 3 is 2.55 bits per heavy atom. The predicted octanol–water partition coefficient (Wildman–Crippen LogP) is 2.84. The molecule has 0 amide bonds. The summed E-state index contributed by atoms with van der Waals surface area (Å²) in [6.07, 6.45) is 2.11. The average Bonchev–Trinajstić information content (AvgIpc) is 3.35. The Hall–Kier alpha value is -2.23. The molecule has 154 valence electrons. The summed E-state index contributed by atoms with van der Waals surface area (Å²) in [5.74, 6) is 1.80. The van der Waals surface area contributed by atoms with Crippen LogP contribution in [0.15, 0.2) is 12.3 Å². The van der Waals surface area contributed by atoms with Crippen LogP contribution in [0.4, 0.5) is 11.8 Å². The van der Waals surface area contributed by atoms with Crippen LogP contribution < -0.4 is 9.80 Å². The van der Waals surface area contributed by atoms with E-state index in [1.807, 2.05) is 6.07 Å². The standard InChI is InChI=1S/C20H26N6O2S/c1-12-10-26(11-13(2)28-12)20-22-16-14(3)17(15-4-5-21-24-15)29-18(16)19(23-20)25-6-8-27-9-7-25/h4-5,12-13H,6-11H2,1-3H3,(H,21,24)/t12-,13+. The third-order valence-corrected chi connectivity index (χ3v) is 6.80. The highest BCUT2D eigenvalue weighted by molar-refractivity contribution is 7.23. The van der Waals surface area contributed by atoms with Gasteiger partial charge in [0.25, 0.3) is 0 Å². The number of nitrogens with zero attached hydrogens (tertiary/aromatic N) is 5. The number of H-pyrrole nitrogens is 1. The lowest BCUT2D eigenvalue weighted by molar-refractivity contribution is -0.00569. The second-order valence-electron chi connectivity index (χ2n) is 7.81. The molecule has 1 N–H and O–H groups in total. The van der Waals surface area contributed by atoms with E-state index in [1.165, 1.54) is 10.4 Å². The van der Waals surface area contributed by atoms with Crippen molar-refractivity contribution in [3.8, 4) is 10.6 Å². The number of aryl methyl sites for hydroxylation is 1. The molecule has 5 rings (SSSR count). The van der Waals surface area contributed by atoms with E-state index in [2.05, 4.69) is 40.8 Å². The lowest BCUT2D eigenvalue weighted by atomic mass is 10.2. The molecule has 5 heterocycles. The first-order valence-corrected chi connectivity index (χ1v) is 11.0. The minimum absolute atomic E-state index is 0.161. The van der Waals surface area contributed by atoms with E-state index in [-0.39, 0.29) is 12.2 Å². The fraction of sp³-hybridized carbons (Fsp3) is 0.550. The molecule has 0 unspecified atom stereocenters. The quantitative estimate of drug-likeness (QED) is 0.706. The molecule has 2 aliphatic rings. The number of hydrogen-bond acceptors (Lipinski definition) is 8. The summed E-state index contributed by atoms with van der Waals surface area (Å²) >= 11 is 1.74. The van der Waals surface area contributed by atoms with Crippen molar-refractivity contribution in [3.05, 3.63) is 17.8 Å². The fourth-order valence-electron chi connectivity index (χ4n) is 4.17. The van der Waals surface area contributed by atoms with Gasteiger partial charge in [-0.15, -0.1) is 11.3 Å². The van der Waals surface area contributed by atoms with Crippen LogP contribution in [0, 0.1) is 6.92 Å². The van der Waals surface area contributed by atoms with Crippen LogP contribution in [-0.2, 0) is 9.47 Å². The molecule has 0 aromatic carbocycles. The van der Waals surface area contributed by atoms with Crippen molar-refractivity contribution in [2.24, 2.45) is 0 Å². The number of nitrogens with one attached hydrogen (secondary N) is 1. The van der Waals surface area contributed by atoms with Gasteiger partial charge in [0.05, 0.1) is 46.2 Å². The first kappa shape index (κ1) is 18.8. The molecule has 2 atom stereocenters. The Balaban J connectivity index is 1.65. The minimum Gasteiger partial charge on any atom is -0.378 e. The van der Waals surface area contributed by atoms with E-state index >= 15 is 0 Å². The normalized spacial score (nSPS) is 23.1. The lowest BCUT2D eigenvalue weighted by Gasteiger charge is -2.36. The third kappa shape index (κ3) is 3.47. The highest BCUT2D eigenvalue weighted by atomic mass is 32.1. The Labute approximate surface area is 173 Å². The molecule has 9 heteroatoms. The van der Waals surface area contributed by atoms with Crippen LogP contribution in [0.1, 0.15) is 19.4 Å². The van der Waals surface area contributed by atoms with Crippen molar-refractivity contribution in [2.75, 3.05) is 49.2 Å². The number of fused-ring (bicyclic) bond motifs is 1. The van der Waals surface area contributed by atoms with E-state index in [9.17, 15) is 0 Å². The molecule has 8 nitrogen and oxygen atoms in total. The van der Waals surface area contributed by atoms with E-state index in [1.54, 1.807) is 17.5 Å². The lowest BCUT2D eigenvalue weighted by Crippen LogP contribution is -2.46. The summed E-state index contributed by atoms with van der Waals surface area (Å²) in [7, 11) is 0. The first-order valence-electron chi connectivity index (χ1n) is 10.1. The van der Waals surface area contributed by atoms with Gasteiger partial charge in [-0.3, -0.25) is 5.10 Å². The minimum atomic E-state index is 0.161. The maximum atomic E-state index is 5.92. The van der Waals surface area contributed by atoms with Gasteiger partial charge in [0.2, 0.25) is 5.95 Å². The van der Waals surface area contributed by atoms with Gasteiger partial charge in [0.1, 0.15) is 0 Å². The van der Waals surface area contributed by atoms with Crippen molar-refractivity contribution < 1.29 is 9.47 Å². The van der Waals surface area contributed by atoms with Crippen LogP contribution >= 0.6 is 11.3 Å². The molecular formula is C20H26N6O2S. The molecule has 3 aromatic rings. The summed E-state index contributed by atoms with van der Waals surface area (Å²) in [6.45, 7) is 11.1. The number of anilines is 2. The summed E-state index contributed by atoms with van der Waals surface area (Å²) in [4.78, 5) is 15.9. The average molecular weight is 415 g/mol. The van der Waals surface area contributed by atoms with Crippen molar-refractivity contribution in [2.45, 2.75) is 33.0 Å². The van der Waals surface area contributed by atoms with Crippen molar-refractivity contribution in [3.63, 3.8) is 0 Å². The highest BCUT2D eigenvalue weighted by Gasteiger charge is 2.28. The Morgan fingerprint density at radius 1 is 1.10 bits per heavy atom. The van der Waals surface area contributed by atoms with E-state index in [4.69, 9.17) is 19.4 Å². The molecular weight excluding hydrogens is 388 g/mol. The van der Waals surface area contributed by atoms with Crippen molar-refractivity contribution in [1.82, 2.24) is 20.2 Å². The zero-order valence-corrected chi connectivity index (χ0v) is 17.8. The SMILES string of the molecule is Cc1c(-c2ccn[nH]2)sc2c(N3CCOCC3)nc(N3C[C@@H](C)O[C@@H](C)C3)nc12. The van der Waals surface area contributed by atoms with Gasteiger partial charge in [-0.1, -0.05) is 0 Å². The van der Waals surface area contributed by atoms with Gasteiger partial charge < -0.3 is 19.3 Å². The van der Waals surface area contributed by atoms with Gasteiger partial charge in [-0.2, -0.15) is 10.1 Å². The summed E-state index contributed by atoms with van der Waals surface area (Å²) in [6, 6.07) is 2.01. The summed E-state index contributed by atoms with van der Waals surface area (Å²) in [5.41, 5.74) is 3.22. The maximum Gasteiger partial charge on any atom is 0.228 e. The first-order chi connectivity index (χ1) is 14.1. The van der Waals surface area contributed by atoms with Gasteiger partial charge in [0, 0.05) is 32.4 Å². The molecule has 2 fully saturated rings. The van der Waals surface area contributed by atoms with Gasteiger partial charge in [-0.05, 0) is 32.4 Å². The molecule has 3 aromatic heterocycles. The largest absolute Gasteiger partial charge is 0.378 e. The maximum absolute atomic E-state index is 5.92. The molecule has 0 radical (unpaired) electrons. The zero-order valence-electron chi connectivity index (χ0n) is 17.0. The fourth-order valence-corrected chi connectivity index (χ4v) is 5.41. The number of rotatable bonds is 3. The Kier molecular flexibility index (Phi) is 4.89. The third-order valence-electron chi connectivity index (χ3n) is 5.49. The van der Waals surface area contributed by atoms with Crippen molar-refractivity contribution >= 4 is 33.3 Å². The van der Waals surface area contributed by atoms with Crippen molar-refractivity contribution in [1.29, 1.82) is 0 Å². The zero-order chi connectivity index (χ0) is 20.0.